The summed E-state index contributed by atoms with van der Waals surface area (Å²) in [4.78, 5) is 29.1. The van der Waals surface area contributed by atoms with E-state index < -0.39 is 16.1 Å². The monoisotopic (exact) mass is 611 g/mol. The summed E-state index contributed by atoms with van der Waals surface area (Å²) in [5, 5.41) is 3.52. The molecular formula is C33H42ClN3O4S. The number of nitrogens with zero attached hydrogens (tertiary/aromatic N) is 2. The number of anilines is 1. The third kappa shape index (κ3) is 9.88. The van der Waals surface area contributed by atoms with Crippen LogP contribution in [0.4, 0.5) is 5.69 Å². The van der Waals surface area contributed by atoms with Gasteiger partial charge in [-0.25, -0.2) is 8.42 Å². The Bertz CT molecular complexity index is 1440. The number of carbonyl (C=O) groups is 2. The van der Waals surface area contributed by atoms with Crippen LogP contribution in [0.25, 0.3) is 0 Å². The van der Waals surface area contributed by atoms with Crippen LogP contribution in [0.15, 0.2) is 72.8 Å². The summed E-state index contributed by atoms with van der Waals surface area (Å²) in [6, 6.07) is 21.7. The van der Waals surface area contributed by atoms with Gasteiger partial charge in [0.1, 0.15) is 6.04 Å². The van der Waals surface area contributed by atoms with Gasteiger partial charge < -0.3 is 10.2 Å². The zero-order valence-corrected chi connectivity index (χ0v) is 26.7. The first-order valence-corrected chi connectivity index (χ1v) is 16.5. The van der Waals surface area contributed by atoms with Crippen molar-refractivity contribution in [1.82, 2.24) is 10.2 Å². The maximum absolute atomic E-state index is 13.9. The molecule has 2 amide bonds. The van der Waals surface area contributed by atoms with Crippen LogP contribution in [-0.2, 0) is 32.6 Å². The number of benzene rings is 3. The highest BCUT2D eigenvalue weighted by atomic mass is 35.5. The molecule has 0 radical (unpaired) electrons. The molecule has 42 heavy (non-hydrogen) atoms. The fourth-order valence-corrected chi connectivity index (χ4v) is 6.03. The Labute approximate surface area is 255 Å². The highest BCUT2D eigenvalue weighted by Crippen LogP contribution is 2.24. The van der Waals surface area contributed by atoms with E-state index in [9.17, 15) is 18.0 Å². The molecule has 0 spiro atoms. The van der Waals surface area contributed by atoms with Crippen molar-refractivity contribution >= 4 is 39.1 Å². The Kier molecular flexibility index (Phi) is 12.0. The van der Waals surface area contributed by atoms with E-state index in [2.05, 4.69) is 5.32 Å². The van der Waals surface area contributed by atoms with E-state index in [0.717, 1.165) is 22.3 Å². The lowest BCUT2D eigenvalue weighted by molar-refractivity contribution is -0.141. The number of hydrogen-bond acceptors (Lipinski definition) is 4. The van der Waals surface area contributed by atoms with E-state index in [4.69, 9.17) is 11.6 Å². The lowest BCUT2D eigenvalue weighted by Crippen LogP contribution is -2.51. The quantitative estimate of drug-likeness (QED) is 0.245. The number of aryl methyl sites for hydroxylation is 2. The van der Waals surface area contributed by atoms with Crippen molar-refractivity contribution < 1.29 is 18.0 Å². The zero-order chi connectivity index (χ0) is 30.9. The van der Waals surface area contributed by atoms with Gasteiger partial charge in [0.2, 0.25) is 21.8 Å². The minimum absolute atomic E-state index is 0.0595. The molecule has 0 heterocycles. The van der Waals surface area contributed by atoms with Crippen molar-refractivity contribution in [3.8, 4) is 0 Å². The van der Waals surface area contributed by atoms with Crippen LogP contribution in [0.2, 0.25) is 5.02 Å². The Balaban J connectivity index is 1.90. The summed E-state index contributed by atoms with van der Waals surface area (Å²) < 4.78 is 26.8. The highest BCUT2D eigenvalue weighted by molar-refractivity contribution is 7.92. The van der Waals surface area contributed by atoms with Gasteiger partial charge in [0.15, 0.2) is 0 Å². The predicted molar refractivity (Wildman–Crippen MR) is 171 cm³/mol. The summed E-state index contributed by atoms with van der Waals surface area (Å²) in [7, 11) is -3.58. The van der Waals surface area contributed by atoms with Crippen molar-refractivity contribution in [1.29, 1.82) is 0 Å². The standard InChI is InChI=1S/C33H42ClN3O4S/c1-24(2)22-35-33(39)31(21-27-12-7-6-8-13-27)36(23-28-14-9-10-15-30(28)34)32(38)16-11-17-37(42(5,40)41)29-19-25(3)18-26(4)20-29/h6-10,12-15,18-20,24,31H,11,16-17,21-23H2,1-5H3,(H,35,39). The van der Waals surface area contributed by atoms with E-state index in [1.165, 1.54) is 10.6 Å². The fraction of sp³-hybridized carbons (Fsp3) is 0.394. The Morgan fingerprint density at radius 3 is 2.14 bits per heavy atom. The first-order valence-electron chi connectivity index (χ1n) is 14.3. The topological polar surface area (TPSA) is 86.8 Å². The molecular weight excluding hydrogens is 570 g/mol. The maximum Gasteiger partial charge on any atom is 0.243 e. The molecule has 0 fully saturated rings. The predicted octanol–water partition coefficient (Wildman–Crippen LogP) is 5.92. The average molecular weight is 612 g/mol. The number of rotatable bonds is 14. The van der Waals surface area contributed by atoms with Crippen molar-refractivity contribution in [2.45, 2.75) is 59.5 Å². The lowest BCUT2D eigenvalue weighted by atomic mass is 10.0. The molecule has 9 heteroatoms. The van der Waals surface area contributed by atoms with Gasteiger partial charge in [-0.3, -0.25) is 13.9 Å². The fourth-order valence-electron chi connectivity index (χ4n) is 4.89. The molecule has 3 aromatic rings. The molecule has 0 aromatic heterocycles. The minimum atomic E-state index is -3.58. The number of carbonyl (C=O) groups excluding carboxylic acids is 2. The normalized spacial score (nSPS) is 12.2. The molecule has 1 unspecified atom stereocenters. The first-order chi connectivity index (χ1) is 19.8. The van der Waals surface area contributed by atoms with Gasteiger partial charge in [-0.1, -0.05) is 80.0 Å². The van der Waals surface area contributed by atoms with Crippen LogP contribution in [0, 0.1) is 19.8 Å². The van der Waals surface area contributed by atoms with Gasteiger partial charge in [-0.05, 0) is 66.6 Å². The molecule has 226 valence electrons. The number of halogens is 1. The largest absolute Gasteiger partial charge is 0.354 e. The van der Waals surface area contributed by atoms with Crippen molar-refractivity contribution in [2.75, 3.05) is 23.7 Å². The molecule has 3 rings (SSSR count). The van der Waals surface area contributed by atoms with Gasteiger partial charge >= 0.3 is 0 Å². The summed E-state index contributed by atoms with van der Waals surface area (Å²) in [6.07, 6.45) is 1.84. The third-order valence-corrected chi connectivity index (χ3v) is 8.46. The van der Waals surface area contributed by atoms with Gasteiger partial charge in [-0.15, -0.1) is 0 Å². The van der Waals surface area contributed by atoms with Crippen LogP contribution >= 0.6 is 11.6 Å². The zero-order valence-electron chi connectivity index (χ0n) is 25.1. The SMILES string of the molecule is Cc1cc(C)cc(N(CCCC(=O)N(Cc2ccccc2Cl)C(Cc2ccccc2)C(=O)NCC(C)C)S(C)(=O)=O)c1. The van der Waals surface area contributed by atoms with Gasteiger partial charge in [-0.2, -0.15) is 0 Å². The first kappa shape index (κ1) is 33.1. The van der Waals surface area contributed by atoms with Crippen LogP contribution < -0.4 is 9.62 Å². The Hall–Kier alpha value is -3.36. The van der Waals surface area contributed by atoms with Crippen molar-refractivity contribution in [2.24, 2.45) is 5.92 Å². The molecule has 7 nitrogen and oxygen atoms in total. The Morgan fingerprint density at radius 2 is 1.55 bits per heavy atom. The average Bonchev–Trinajstić information content (AvgIpc) is 2.91. The summed E-state index contributed by atoms with van der Waals surface area (Å²) in [6.45, 7) is 8.64. The van der Waals surface area contributed by atoms with Crippen LogP contribution in [0.5, 0.6) is 0 Å². The molecule has 1 atom stereocenters. The smallest absolute Gasteiger partial charge is 0.243 e. The number of nitrogens with one attached hydrogen (secondary N) is 1. The molecule has 0 saturated heterocycles. The summed E-state index contributed by atoms with van der Waals surface area (Å²) >= 11 is 6.50. The second-order valence-electron chi connectivity index (χ2n) is 11.2. The summed E-state index contributed by atoms with van der Waals surface area (Å²) in [5.74, 6) is -0.239. The maximum atomic E-state index is 13.9. The Morgan fingerprint density at radius 1 is 0.929 bits per heavy atom. The van der Waals surface area contributed by atoms with Gasteiger partial charge in [0, 0.05) is 37.5 Å². The van der Waals surface area contributed by atoms with Crippen LogP contribution in [-0.4, -0.2) is 50.5 Å². The lowest BCUT2D eigenvalue weighted by Gasteiger charge is -2.32. The van der Waals surface area contributed by atoms with Crippen LogP contribution in [0.3, 0.4) is 0 Å². The highest BCUT2D eigenvalue weighted by Gasteiger charge is 2.31. The molecule has 1 N–H and O–H groups in total. The third-order valence-electron chi connectivity index (χ3n) is 6.90. The number of hydrogen-bond donors (Lipinski definition) is 1. The van der Waals surface area contributed by atoms with E-state index in [0.29, 0.717) is 23.7 Å². The van der Waals surface area contributed by atoms with Gasteiger partial charge in [0.05, 0.1) is 11.9 Å². The van der Waals surface area contributed by atoms with E-state index in [-0.39, 0.29) is 43.7 Å². The molecule has 0 aliphatic rings. The second-order valence-corrected chi connectivity index (χ2v) is 13.6. The number of sulfonamides is 1. The van der Waals surface area contributed by atoms with Crippen molar-refractivity contribution in [3.05, 3.63) is 100 Å². The van der Waals surface area contributed by atoms with E-state index in [1.807, 2.05) is 94.4 Å². The second kappa shape index (κ2) is 15.2. The summed E-state index contributed by atoms with van der Waals surface area (Å²) in [5.41, 5.74) is 4.14. The van der Waals surface area contributed by atoms with E-state index >= 15 is 0 Å². The van der Waals surface area contributed by atoms with E-state index in [1.54, 1.807) is 11.0 Å². The molecule has 0 aliphatic heterocycles. The molecule has 0 aliphatic carbocycles. The van der Waals surface area contributed by atoms with Crippen LogP contribution in [0.1, 0.15) is 48.9 Å². The molecule has 3 aromatic carbocycles. The molecule has 0 bridgehead atoms. The minimum Gasteiger partial charge on any atom is -0.354 e. The number of amides is 2. The van der Waals surface area contributed by atoms with Crippen molar-refractivity contribution in [3.63, 3.8) is 0 Å². The molecule has 0 saturated carbocycles. The van der Waals surface area contributed by atoms with Gasteiger partial charge in [0.25, 0.3) is 0 Å².